The van der Waals surface area contributed by atoms with Crippen LogP contribution in [0.2, 0.25) is 0 Å². The summed E-state index contributed by atoms with van der Waals surface area (Å²) in [6, 6.07) is 6.88. The summed E-state index contributed by atoms with van der Waals surface area (Å²) in [4.78, 5) is 37.0. The van der Waals surface area contributed by atoms with Crippen LogP contribution in [0.5, 0.6) is 0 Å². The fourth-order valence-corrected chi connectivity index (χ4v) is 4.00. The largest absolute Gasteiger partial charge is 0.481 e. The van der Waals surface area contributed by atoms with Gasteiger partial charge in [-0.2, -0.15) is 0 Å². The number of hydrogen-bond donors (Lipinski definition) is 3. The molecule has 2 aromatic rings. The summed E-state index contributed by atoms with van der Waals surface area (Å²) < 4.78 is 1.51. The SMILES string of the molecule is Cc1c[nH]c(=O)n1-c1cccc(C(=O)NCCSSCCC(=O)O)c1. The van der Waals surface area contributed by atoms with E-state index in [1.54, 1.807) is 30.5 Å². The second-order valence-electron chi connectivity index (χ2n) is 5.16. The van der Waals surface area contributed by atoms with Crippen molar-refractivity contribution in [2.45, 2.75) is 13.3 Å². The van der Waals surface area contributed by atoms with Gasteiger partial charge < -0.3 is 15.4 Å². The van der Waals surface area contributed by atoms with Gasteiger partial charge in [-0.25, -0.2) is 4.79 Å². The fourth-order valence-electron chi connectivity index (χ4n) is 2.12. The standard InChI is InChI=1S/C16H19N3O4S2/c1-11-10-18-16(23)19(11)13-4-2-3-12(9-13)15(22)17-6-8-25-24-7-5-14(20)21/h2-4,9-10H,5-8H2,1H3,(H,17,22)(H,18,23)(H,20,21). The Kier molecular flexibility index (Phi) is 7.20. The molecular formula is C16H19N3O4S2. The molecule has 2 rings (SSSR count). The zero-order valence-electron chi connectivity index (χ0n) is 13.7. The third-order valence-corrected chi connectivity index (χ3v) is 5.69. The van der Waals surface area contributed by atoms with Crippen molar-refractivity contribution in [3.8, 4) is 5.69 Å². The molecule has 1 aromatic carbocycles. The summed E-state index contributed by atoms with van der Waals surface area (Å²) >= 11 is 0. The van der Waals surface area contributed by atoms with Crippen molar-refractivity contribution in [3.05, 3.63) is 52.2 Å². The van der Waals surface area contributed by atoms with Gasteiger partial charge in [0.25, 0.3) is 5.91 Å². The molecule has 0 aliphatic rings. The van der Waals surface area contributed by atoms with E-state index in [2.05, 4.69) is 10.3 Å². The van der Waals surface area contributed by atoms with Crippen molar-refractivity contribution in [2.24, 2.45) is 0 Å². The molecule has 1 amide bonds. The number of aromatic nitrogens is 2. The van der Waals surface area contributed by atoms with E-state index in [0.29, 0.717) is 29.3 Å². The van der Waals surface area contributed by atoms with Crippen LogP contribution in [0.3, 0.4) is 0 Å². The summed E-state index contributed by atoms with van der Waals surface area (Å²) in [6.45, 7) is 2.29. The van der Waals surface area contributed by atoms with Gasteiger partial charge in [-0.05, 0) is 25.1 Å². The molecule has 25 heavy (non-hydrogen) atoms. The lowest BCUT2D eigenvalue weighted by Crippen LogP contribution is -2.26. The Balaban J connectivity index is 1.85. The molecule has 0 atom stereocenters. The summed E-state index contributed by atoms with van der Waals surface area (Å²) in [5.74, 6) is 0.213. The monoisotopic (exact) mass is 381 g/mol. The van der Waals surface area contributed by atoms with Gasteiger partial charge in [0.05, 0.1) is 12.1 Å². The Labute approximate surface area is 152 Å². The van der Waals surface area contributed by atoms with E-state index >= 15 is 0 Å². The maximum absolute atomic E-state index is 12.2. The molecule has 9 heteroatoms. The molecule has 0 aliphatic carbocycles. The van der Waals surface area contributed by atoms with Crippen molar-refractivity contribution in [1.82, 2.24) is 14.9 Å². The van der Waals surface area contributed by atoms with E-state index in [9.17, 15) is 14.4 Å². The van der Waals surface area contributed by atoms with Gasteiger partial charge in [0.2, 0.25) is 0 Å². The third-order valence-electron chi connectivity index (χ3n) is 3.28. The van der Waals surface area contributed by atoms with E-state index in [4.69, 9.17) is 5.11 Å². The van der Waals surface area contributed by atoms with Crippen LogP contribution in [-0.2, 0) is 4.79 Å². The summed E-state index contributed by atoms with van der Waals surface area (Å²) in [5, 5.41) is 11.4. The van der Waals surface area contributed by atoms with Crippen molar-refractivity contribution >= 4 is 33.5 Å². The Hall–Kier alpha value is -2.13. The van der Waals surface area contributed by atoms with Crippen LogP contribution in [0, 0.1) is 6.92 Å². The smallest absolute Gasteiger partial charge is 0.330 e. The molecule has 3 N–H and O–H groups in total. The Morgan fingerprint density at radius 1 is 1.28 bits per heavy atom. The number of carboxylic acids is 1. The maximum Gasteiger partial charge on any atom is 0.330 e. The Morgan fingerprint density at radius 2 is 2.04 bits per heavy atom. The number of aryl methyl sites for hydroxylation is 1. The van der Waals surface area contributed by atoms with E-state index in [-0.39, 0.29) is 18.0 Å². The first kappa shape index (κ1) is 19.2. The summed E-state index contributed by atoms with van der Waals surface area (Å²) in [5.41, 5.74) is 1.63. The average Bonchev–Trinajstić information content (AvgIpc) is 2.92. The molecule has 1 heterocycles. The van der Waals surface area contributed by atoms with Crippen molar-refractivity contribution in [3.63, 3.8) is 0 Å². The predicted molar refractivity (Wildman–Crippen MR) is 101 cm³/mol. The number of nitrogens with zero attached hydrogens (tertiary/aromatic N) is 1. The number of imidazole rings is 1. The number of carboxylic acid groups (broad SMARTS) is 1. The van der Waals surface area contributed by atoms with Crippen molar-refractivity contribution < 1.29 is 14.7 Å². The molecule has 0 spiro atoms. The fraction of sp³-hybridized carbons (Fsp3) is 0.312. The minimum atomic E-state index is -0.807. The topological polar surface area (TPSA) is 104 Å². The van der Waals surface area contributed by atoms with Crippen LogP contribution in [0.25, 0.3) is 5.69 Å². The zero-order chi connectivity index (χ0) is 18.2. The number of hydrogen-bond acceptors (Lipinski definition) is 5. The molecule has 0 saturated heterocycles. The minimum absolute atomic E-state index is 0.134. The number of benzene rings is 1. The first-order chi connectivity index (χ1) is 12.0. The van der Waals surface area contributed by atoms with Gasteiger partial charge in [-0.3, -0.25) is 14.2 Å². The van der Waals surface area contributed by atoms with E-state index in [0.717, 1.165) is 5.69 Å². The lowest BCUT2D eigenvalue weighted by molar-refractivity contribution is -0.136. The molecule has 0 fully saturated rings. The van der Waals surface area contributed by atoms with Crippen LogP contribution in [0.1, 0.15) is 22.5 Å². The molecule has 0 radical (unpaired) electrons. The van der Waals surface area contributed by atoms with Gasteiger partial charge in [0.15, 0.2) is 0 Å². The number of H-pyrrole nitrogens is 1. The number of nitrogens with one attached hydrogen (secondary N) is 2. The molecule has 0 saturated carbocycles. The number of carbonyl (C=O) groups is 2. The molecule has 0 unspecified atom stereocenters. The maximum atomic E-state index is 12.2. The number of amides is 1. The van der Waals surface area contributed by atoms with Crippen LogP contribution in [-0.4, -0.2) is 44.6 Å². The molecule has 1 aromatic heterocycles. The Morgan fingerprint density at radius 3 is 2.72 bits per heavy atom. The first-order valence-corrected chi connectivity index (χ1v) is 10.1. The lowest BCUT2D eigenvalue weighted by Gasteiger charge is -2.08. The van der Waals surface area contributed by atoms with Gasteiger partial charge in [-0.15, -0.1) is 0 Å². The number of rotatable bonds is 9. The summed E-state index contributed by atoms with van der Waals surface area (Å²) in [6.07, 6.45) is 1.75. The quantitative estimate of drug-likeness (QED) is 0.454. The van der Waals surface area contributed by atoms with Gasteiger partial charge in [0.1, 0.15) is 0 Å². The first-order valence-electron chi connectivity index (χ1n) is 7.61. The second-order valence-corrected chi connectivity index (χ2v) is 7.87. The summed E-state index contributed by atoms with van der Waals surface area (Å²) in [7, 11) is 3.00. The lowest BCUT2D eigenvalue weighted by atomic mass is 10.2. The van der Waals surface area contributed by atoms with Gasteiger partial charge >= 0.3 is 11.7 Å². The van der Waals surface area contributed by atoms with E-state index in [1.165, 1.54) is 26.2 Å². The van der Waals surface area contributed by atoms with Crippen LogP contribution in [0.4, 0.5) is 0 Å². The van der Waals surface area contributed by atoms with Gasteiger partial charge in [-0.1, -0.05) is 27.7 Å². The van der Waals surface area contributed by atoms with Crippen LogP contribution in [0.15, 0.2) is 35.3 Å². The van der Waals surface area contributed by atoms with E-state index in [1.807, 2.05) is 6.92 Å². The van der Waals surface area contributed by atoms with Gasteiger partial charge in [0, 0.05) is 35.5 Å². The predicted octanol–water partition coefficient (Wildman–Crippen LogP) is 2.06. The number of carbonyl (C=O) groups excluding carboxylic acids is 1. The normalized spacial score (nSPS) is 10.6. The highest BCUT2D eigenvalue weighted by atomic mass is 33.1. The number of aromatic amines is 1. The van der Waals surface area contributed by atoms with Crippen LogP contribution < -0.4 is 11.0 Å². The highest BCUT2D eigenvalue weighted by molar-refractivity contribution is 8.76. The highest BCUT2D eigenvalue weighted by Gasteiger charge is 2.09. The van der Waals surface area contributed by atoms with E-state index < -0.39 is 5.97 Å². The highest BCUT2D eigenvalue weighted by Crippen LogP contribution is 2.21. The third kappa shape index (κ3) is 5.71. The number of aliphatic carboxylic acids is 1. The molecule has 0 bridgehead atoms. The van der Waals surface area contributed by atoms with Crippen LogP contribution >= 0.6 is 21.6 Å². The van der Waals surface area contributed by atoms with Crippen molar-refractivity contribution in [1.29, 1.82) is 0 Å². The average molecular weight is 381 g/mol. The molecule has 134 valence electrons. The molecule has 0 aliphatic heterocycles. The minimum Gasteiger partial charge on any atom is -0.481 e. The zero-order valence-corrected chi connectivity index (χ0v) is 15.3. The Bertz CT molecular complexity index is 801. The van der Waals surface area contributed by atoms with Crippen molar-refractivity contribution in [2.75, 3.05) is 18.1 Å². The molecule has 7 nitrogen and oxygen atoms in total. The molecular weight excluding hydrogens is 362 g/mol. The second kappa shape index (κ2) is 9.38.